The van der Waals surface area contributed by atoms with Crippen LogP contribution in [-0.4, -0.2) is 42.4 Å². The fourth-order valence-corrected chi connectivity index (χ4v) is 3.50. The molecule has 0 aliphatic carbocycles. The van der Waals surface area contributed by atoms with Gasteiger partial charge in [-0.3, -0.25) is 4.79 Å². The molecule has 0 aliphatic heterocycles. The lowest BCUT2D eigenvalue weighted by Crippen LogP contribution is -2.29. The molecule has 2 aromatic rings. The Hall–Kier alpha value is -2.77. The Balaban J connectivity index is 2.17. The maximum atomic E-state index is 12.8. The molecule has 1 atom stereocenters. The molecule has 0 aromatic heterocycles. The third-order valence-electron chi connectivity index (χ3n) is 4.82. The summed E-state index contributed by atoms with van der Waals surface area (Å²) in [6, 6.07) is 10.4. The molecule has 2 aromatic carbocycles. The number of aliphatic carboxylic acids is 1. The molecule has 1 amide bonds. The summed E-state index contributed by atoms with van der Waals surface area (Å²) in [7, 11) is 0. The van der Waals surface area contributed by atoms with E-state index < -0.39 is 12.1 Å². The number of nitrogens with one attached hydrogen (secondary N) is 1. The molecule has 186 valence electrons. The zero-order valence-electron chi connectivity index (χ0n) is 20.2. The largest absolute Gasteiger partial charge is 0.494 e. The Morgan fingerprint density at radius 1 is 1.03 bits per heavy atom. The molecule has 8 heteroatoms. The fraction of sp³-hybridized carbons (Fsp3) is 0.462. The highest BCUT2D eigenvalue weighted by Crippen LogP contribution is 2.25. The van der Waals surface area contributed by atoms with Crippen LogP contribution in [0.5, 0.6) is 11.5 Å². The van der Waals surface area contributed by atoms with E-state index in [0.29, 0.717) is 35.3 Å². The monoisotopic (exact) mass is 491 g/mol. The van der Waals surface area contributed by atoms with Crippen LogP contribution in [0.15, 0.2) is 36.4 Å². The highest BCUT2D eigenvalue weighted by molar-refractivity contribution is 6.34. The predicted molar refractivity (Wildman–Crippen MR) is 132 cm³/mol. The van der Waals surface area contributed by atoms with Gasteiger partial charge in [-0.15, -0.1) is 0 Å². The third-order valence-corrected chi connectivity index (χ3v) is 5.13. The molecule has 1 unspecified atom stereocenters. The second kappa shape index (κ2) is 13.8. The molecule has 0 saturated carbocycles. The van der Waals surface area contributed by atoms with E-state index in [4.69, 9.17) is 25.8 Å². The van der Waals surface area contributed by atoms with Gasteiger partial charge in [0.15, 0.2) is 6.10 Å². The number of hydrogen-bond donors (Lipinski definition) is 2. The maximum absolute atomic E-state index is 12.8. The van der Waals surface area contributed by atoms with Gasteiger partial charge < -0.3 is 24.6 Å². The van der Waals surface area contributed by atoms with Crippen LogP contribution in [0.2, 0.25) is 5.02 Å². The van der Waals surface area contributed by atoms with Crippen molar-refractivity contribution in [2.75, 3.05) is 13.2 Å². The Morgan fingerprint density at radius 3 is 2.35 bits per heavy atom. The number of ether oxygens (including phenoxy) is 3. The van der Waals surface area contributed by atoms with Crippen molar-refractivity contribution in [3.05, 3.63) is 58.1 Å². The summed E-state index contributed by atoms with van der Waals surface area (Å²) in [6.07, 6.45) is 0.734. The van der Waals surface area contributed by atoms with Gasteiger partial charge in [-0.25, -0.2) is 4.79 Å². The van der Waals surface area contributed by atoms with Gasteiger partial charge in [0.05, 0.1) is 29.9 Å². The highest BCUT2D eigenvalue weighted by atomic mass is 35.5. The molecule has 0 saturated heterocycles. The van der Waals surface area contributed by atoms with Crippen LogP contribution in [0, 0.1) is 0 Å². The van der Waals surface area contributed by atoms with E-state index in [9.17, 15) is 14.7 Å². The number of hydrogen-bond acceptors (Lipinski definition) is 5. The molecular formula is C26H34ClNO6. The first-order valence-electron chi connectivity index (χ1n) is 11.6. The highest BCUT2D eigenvalue weighted by Gasteiger charge is 2.21. The quantitative estimate of drug-likeness (QED) is 0.374. The number of carboxylic acid groups (broad SMARTS) is 1. The van der Waals surface area contributed by atoms with Crippen molar-refractivity contribution in [3.63, 3.8) is 0 Å². The van der Waals surface area contributed by atoms with Gasteiger partial charge in [0.2, 0.25) is 0 Å². The second-order valence-corrected chi connectivity index (χ2v) is 8.59. The molecule has 0 radical (unpaired) electrons. The molecule has 2 rings (SSSR count). The molecule has 0 spiro atoms. The second-order valence-electron chi connectivity index (χ2n) is 8.18. The number of benzene rings is 2. The van der Waals surface area contributed by atoms with E-state index in [1.54, 1.807) is 38.1 Å². The van der Waals surface area contributed by atoms with Gasteiger partial charge in [-0.1, -0.05) is 37.6 Å². The number of halogens is 1. The van der Waals surface area contributed by atoms with E-state index in [2.05, 4.69) is 5.32 Å². The van der Waals surface area contributed by atoms with Gasteiger partial charge in [0.25, 0.3) is 5.91 Å². The van der Waals surface area contributed by atoms with Crippen LogP contribution in [0.25, 0.3) is 0 Å². The summed E-state index contributed by atoms with van der Waals surface area (Å²) < 4.78 is 16.9. The average molecular weight is 492 g/mol. The zero-order chi connectivity index (χ0) is 25.1. The van der Waals surface area contributed by atoms with Crippen LogP contribution >= 0.6 is 11.6 Å². The zero-order valence-corrected chi connectivity index (χ0v) is 21.0. The molecule has 0 fully saturated rings. The molecule has 7 nitrogen and oxygen atoms in total. The van der Waals surface area contributed by atoms with Gasteiger partial charge >= 0.3 is 5.97 Å². The van der Waals surface area contributed by atoms with Crippen LogP contribution < -0.4 is 14.8 Å². The lowest BCUT2D eigenvalue weighted by molar-refractivity contribution is -0.153. The van der Waals surface area contributed by atoms with E-state index >= 15 is 0 Å². The van der Waals surface area contributed by atoms with Crippen LogP contribution in [0.4, 0.5) is 0 Å². The number of carbonyl (C=O) groups excluding carboxylic acids is 1. The lowest BCUT2D eigenvalue weighted by atomic mass is 10.0. The smallest absolute Gasteiger partial charge is 0.333 e. The Morgan fingerprint density at radius 2 is 1.74 bits per heavy atom. The summed E-state index contributed by atoms with van der Waals surface area (Å²) in [5.41, 5.74) is 1.86. The molecule has 0 aliphatic rings. The lowest BCUT2D eigenvalue weighted by Gasteiger charge is -2.18. The average Bonchev–Trinajstić information content (AvgIpc) is 2.79. The summed E-state index contributed by atoms with van der Waals surface area (Å²) in [5, 5.41) is 12.7. The van der Waals surface area contributed by atoms with E-state index in [0.717, 1.165) is 24.0 Å². The van der Waals surface area contributed by atoms with Crippen LogP contribution in [0.3, 0.4) is 0 Å². The normalized spacial score (nSPS) is 11.8. The van der Waals surface area contributed by atoms with Gasteiger partial charge in [0.1, 0.15) is 11.5 Å². The number of carboxylic acids is 1. The molecule has 34 heavy (non-hydrogen) atoms. The minimum Gasteiger partial charge on any atom is -0.494 e. The van der Waals surface area contributed by atoms with Crippen molar-refractivity contribution in [3.8, 4) is 11.5 Å². The van der Waals surface area contributed by atoms with E-state index in [1.165, 1.54) is 0 Å². The molecule has 0 heterocycles. The number of rotatable bonds is 14. The van der Waals surface area contributed by atoms with Crippen molar-refractivity contribution in [1.29, 1.82) is 0 Å². The standard InChI is InChI=1S/C26H34ClNO6/c1-5-11-32-20-8-9-21(22(27)15-20)25(29)28-16-19-13-18(7-10-23(19)33-12-6-2)14-24(26(30)31)34-17(3)4/h7-10,13,15,17,24H,5-6,11-12,14,16H2,1-4H3,(H,28,29)(H,30,31). The van der Waals surface area contributed by atoms with Crippen molar-refractivity contribution < 1.29 is 28.9 Å². The Bertz CT molecular complexity index is 962. The fourth-order valence-electron chi connectivity index (χ4n) is 3.25. The Labute approximate surface area is 206 Å². The summed E-state index contributed by atoms with van der Waals surface area (Å²) in [5.74, 6) is -0.0961. The summed E-state index contributed by atoms with van der Waals surface area (Å²) in [4.78, 5) is 24.4. The first kappa shape index (κ1) is 27.5. The van der Waals surface area contributed by atoms with Crippen molar-refractivity contribution in [2.24, 2.45) is 0 Å². The van der Waals surface area contributed by atoms with E-state index in [1.807, 2.05) is 26.0 Å². The number of amides is 1. The van der Waals surface area contributed by atoms with E-state index in [-0.39, 0.29) is 25.0 Å². The first-order valence-corrected chi connectivity index (χ1v) is 12.0. The Kier molecular flexibility index (Phi) is 11.2. The maximum Gasteiger partial charge on any atom is 0.333 e. The van der Waals surface area contributed by atoms with Crippen LogP contribution in [0.1, 0.15) is 62.0 Å². The SMILES string of the molecule is CCCOc1ccc(C(=O)NCc2cc(CC(OC(C)C)C(=O)O)ccc2OCCC)c(Cl)c1. The minimum atomic E-state index is -1.02. The van der Waals surface area contributed by atoms with Crippen molar-refractivity contribution in [2.45, 2.75) is 65.7 Å². The molecular weight excluding hydrogens is 458 g/mol. The van der Waals surface area contributed by atoms with Gasteiger partial charge in [0, 0.05) is 18.5 Å². The third kappa shape index (κ3) is 8.54. The van der Waals surface area contributed by atoms with Crippen molar-refractivity contribution in [1.82, 2.24) is 5.32 Å². The molecule has 0 bridgehead atoms. The van der Waals surface area contributed by atoms with Gasteiger partial charge in [-0.05, 0) is 56.5 Å². The summed E-state index contributed by atoms with van der Waals surface area (Å²) in [6.45, 7) is 8.91. The summed E-state index contributed by atoms with van der Waals surface area (Å²) >= 11 is 6.30. The number of carbonyl (C=O) groups is 2. The van der Waals surface area contributed by atoms with Gasteiger partial charge in [-0.2, -0.15) is 0 Å². The molecule has 2 N–H and O–H groups in total. The van der Waals surface area contributed by atoms with Crippen LogP contribution in [-0.2, 0) is 22.5 Å². The first-order chi connectivity index (χ1) is 16.2. The predicted octanol–water partition coefficient (Wildman–Crippen LogP) is 5.27. The minimum absolute atomic E-state index is 0.193. The topological polar surface area (TPSA) is 94.1 Å². The van der Waals surface area contributed by atoms with Crippen molar-refractivity contribution >= 4 is 23.5 Å².